The van der Waals surface area contributed by atoms with E-state index in [9.17, 15) is 0 Å². The summed E-state index contributed by atoms with van der Waals surface area (Å²) in [6, 6.07) is 8.97. The lowest BCUT2D eigenvalue weighted by Gasteiger charge is -2.21. The molecule has 4 aromatic carbocycles. The van der Waals surface area contributed by atoms with Gasteiger partial charge in [-0.3, -0.25) is 0 Å². The van der Waals surface area contributed by atoms with Crippen LogP contribution >= 0.6 is 0 Å². The molecule has 0 aliphatic heterocycles. The first-order valence-corrected chi connectivity index (χ1v) is 13.5. The number of fused-ring (bicyclic) bond motifs is 6. The van der Waals surface area contributed by atoms with Gasteiger partial charge in [-0.2, -0.15) is 0 Å². The van der Waals surface area contributed by atoms with Crippen LogP contribution in [0.3, 0.4) is 0 Å². The van der Waals surface area contributed by atoms with Crippen molar-refractivity contribution in [3.63, 3.8) is 0 Å². The van der Waals surface area contributed by atoms with Crippen LogP contribution in [0.25, 0.3) is 49.3 Å². The molecule has 0 saturated carbocycles. The van der Waals surface area contributed by atoms with Crippen molar-refractivity contribution >= 4 is 190 Å². The second-order valence-electron chi connectivity index (χ2n) is 11.4. The Labute approximate surface area is 229 Å². The minimum Gasteiger partial charge on any atom is -0.356 e. The van der Waals surface area contributed by atoms with Crippen molar-refractivity contribution < 1.29 is 0 Å². The molecule has 0 aliphatic carbocycles. The second kappa shape index (κ2) is 8.09. The van der Waals surface area contributed by atoms with Crippen LogP contribution in [0.15, 0.2) is 24.3 Å². The van der Waals surface area contributed by atoms with Crippen LogP contribution < -0.4 is 60.1 Å². The Bertz CT molecular complexity index is 2000. The van der Waals surface area contributed by atoms with Gasteiger partial charge in [-0.25, -0.2) is 0 Å². The number of nitrogens with one attached hydrogen (secondary N) is 1. The van der Waals surface area contributed by atoms with Crippen LogP contribution in [0.1, 0.15) is 0 Å². The Kier molecular flexibility index (Phi) is 5.37. The molecule has 166 valence electrons. The van der Waals surface area contributed by atoms with Crippen molar-refractivity contribution in [1.29, 1.82) is 0 Å². The summed E-state index contributed by atoms with van der Waals surface area (Å²) in [5.41, 5.74) is 21.7. The molecule has 0 spiro atoms. The maximum Gasteiger partial charge on any atom is 0.142 e. The molecule has 6 rings (SSSR count). The predicted octanol–water partition coefficient (Wildman–Crippen LogP) is -12.7. The molecule has 0 amide bonds. The highest BCUT2D eigenvalue weighted by atomic mass is 15.0. The van der Waals surface area contributed by atoms with Gasteiger partial charge in [0.15, 0.2) is 0 Å². The number of H-pyrrole nitrogens is 1. The Balaban J connectivity index is 1.92. The quantitative estimate of drug-likeness (QED) is 0.235. The van der Waals surface area contributed by atoms with E-state index in [0.717, 1.165) is 0 Å². The lowest BCUT2D eigenvalue weighted by Crippen LogP contribution is -2.48. The summed E-state index contributed by atoms with van der Waals surface area (Å²) in [5, 5.41) is 5.50. The number of rotatable bonds is 1. The molecular formula is C24H27B11N2. The van der Waals surface area contributed by atoms with Crippen molar-refractivity contribution in [2.24, 2.45) is 0 Å². The molecular weight excluding hydrogens is 435 g/mol. The van der Waals surface area contributed by atoms with E-state index in [1.165, 1.54) is 109 Å². The SMILES string of the molecule is Bc1c(B)c(B)c2c([nH]c3c(B)c(B)c(-n4c5ccccc5c5c(B)c(B)c(B)c(B)c54)c(B)c32)c1B. The normalized spacial score (nSPS) is 11.9. The minimum absolute atomic E-state index is 1.28. The fraction of sp³-hybridized carbons (Fsp3) is 0. The fourth-order valence-electron chi connectivity index (χ4n) is 6.98. The third-order valence-electron chi connectivity index (χ3n) is 9.98. The zero-order chi connectivity index (χ0) is 26.7. The Morgan fingerprint density at radius 1 is 0.459 bits per heavy atom. The van der Waals surface area contributed by atoms with Gasteiger partial charge in [-0.1, -0.05) is 67.4 Å². The van der Waals surface area contributed by atoms with Gasteiger partial charge >= 0.3 is 0 Å². The van der Waals surface area contributed by atoms with Crippen LogP contribution in [0.4, 0.5) is 0 Å². The van der Waals surface area contributed by atoms with E-state index in [0.29, 0.717) is 0 Å². The second-order valence-corrected chi connectivity index (χ2v) is 11.4. The Hall–Kier alpha value is -2.81. The van der Waals surface area contributed by atoms with Gasteiger partial charge in [0.25, 0.3) is 0 Å². The third kappa shape index (κ3) is 2.98. The molecule has 0 saturated heterocycles. The lowest BCUT2D eigenvalue weighted by molar-refractivity contribution is 1.22. The van der Waals surface area contributed by atoms with Crippen LogP contribution in [-0.4, -0.2) is 95.9 Å². The van der Waals surface area contributed by atoms with Crippen molar-refractivity contribution in [2.75, 3.05) is 0 Å². The van der Waals surface area contributed by atoms with Crippen molar-refractivity contribution in [1.82, 2.24) is 9.55 Å². The summed E-state index contributed by atoms with van der Waals surface area (Å²) >= 11 is 0. The molecule has 0 unspecified atom stereocenters. The molecule has 13 heteroatoms. The molecule has 1 N–H and O–H groups in total. The smallest absolute Gasteiger partial charge is 0.142 e. The molecule has 0 radical (unpaired) electrons. The average molecular weight is 462 g/mol. The van der Waals surface area contributed by atoms with Gasteiger partial charge < -0.3 is 9.55 Å². The third-order valence-corrected chi connectivity index (χ3v) is 9.98. The number of aromatic amines is 1. The molecule has 0 fully saturated rings. The number of hydrogen-bond donors (Lipinski definition) is 1. The molecule has 2 nitrogen and oxygen atoms in total. The summed E-state index contributed by atoms with van der Waals surface area (Å²) in [6.45, 7) is 0. The monoisotopic (exact) mass is 464 g/mol. The maximum atomic E-state index is 3.88. The highest BCUT2D eigenvalue weighted by Gasteiger charge is 2.24. The van der Waals surface area contributed by atoms with Crippen LogP contribution in [0.5, 0.6) is 0 Å². The first-order valence-electron chi connectivity index (χ1n) is 13.5. The lowest BCUT2D eigenvalue weighted by atomic mass is 9.64. The van der Waals surface area contributed by atoms with Gasteiger partial charge in [0.05, 0.1) is 5.52 Å². The topological polar surface area (TPSA) is 20.7 Å². The zero-order valence-electron chi connectivity index (χ0n) is 24.3. The predicted molar refractivity (Wildman–Crippen MR) is 200 cm³/mol. The van der Waals surface area contributed by atoms with Crippen LogP contribution in [-0.2, 0) is 0 Å². The highest BCUT2D eigenvalue weighted by molar-refractivity contribution is 6.70. The molecule has 0 bridgehead atoms. The number of para-hydroxylation sites is 1. The first kappa shape index (κ1) is 24.5. The minimum atomic E-state index is 1.28. The van der Waals surface area contributed by atoms with Gasteiger partial charge in [-0.15, -0.1) is 10.9 Å². The Morgan fingerprint density at radius 2 is 0.946 bits per heavy atom. The highest BCUT2D eigenvalue weighted by Crippen LogP contribution is 2.29. The molecule has 0 aliphatic rings. The largest absolute Gasteiger partial charge is 0.356 e. The number of hydrogen-bond acceptors (Lipinski definition) is 0. The van der Waals surface area contributed by atoms with E-state index < -0.39 is 0 Å². The number of nitrogens with zero attached hydrogens (tertiary/aromatic N) is 1. The molecule has 2 heterocycles. The van der Waals surface area contributed by atoms with Crippen LogP contribution in [0, 0.1) is 0 Å². The summed E-state index contributed by atoms with van der Waals surface area (Å²) in [4.78, 5) is 3.88. The number of benzene rings is 4. The van der Waals surface area contributed by atoms with Crippen LogP contribution in [0.2, 0.25) is 0 Å². The van der Waals surface area contributed by atoms with Gasteiger partial charge in [-0.05, 0) is 11.5 Å². The van der Waals surface area contributed by atoms with E-state index in [-0.39, 0.29) is 0 Å². The summed E-state index contributed by atoms with van der Waals surface area (Å²) in [6.07, 6.45) is 0. The van der Waals surface area contributed by atoms with Gasteiger partial charge in [0.2, 0.25) is 0 Å². The fourth-order valence-corrected chi connectivity index (χ4v) is 6.98. The maximum absolute atomic E-state index is 3.88. The standard InChI is InChI=1S/C24H27B11N2/c25-10-7-5-3-1-2-4-6(5)37(23(7)19(34)16(31)13(10)28)24-12(27)9-8-11(26)14(29)15(30)17(32)21(8)36-22(9)18(33)20(24)35/h1-4,36H,25-35H2. The summed E-state index contributed by atoms with van der Waals surface area (Å²) < 4.78 is 2.58. The summed E-state index contributed by atoms with van der Waals surface area (Å²) in [5.74, 6) is 0. The van der Waals surface area contributed by atoms with Crippen molar-refractivity contribution in [2.45, 2.75) is 0 Å². The molecule has 6 aromatic rings. The van der Waals surface area contributed by atoms with Crippen molar-refractivity contribution in [3.8, 4) is 5.69 Å². The molecule has 37 heavy (non-hydrogen) atoms. The molecule has 2 aromatic heterocycles. The number of aromatic nitrogens is 2. The van der Waals surface area contributed by atoms with E-state index in [2.05, 4.69) is 120 Å². The van der Waals surface area contributed by atoms with E-state index in [4.69, 9.17) is 0 Å². The average Bonchev–Trinajstić information content (AvgIpc) is 3.45. The van der Waals surface area contributed by atoms with Gasteiger partial charge in [0.1, 0.15) is 86.3 Å². The zero-order valence-corrected chi connectivity index (χ0v) is 24.3. The summed E-state index contributed by atoms with van der Waals surface area (Å²) in [7, 11) is 25.2. The first-order chi connectivity index (χ1) is 17.5. The van der Waals surface area contributed by atoms with E-state index >= 15 is 0 Å². The Morgan fingerprint density at radius 3 is 1.59 bits per heavy atom. The van der Waals surface area contributed by atoms with E-state index in [1.807, 2.05) is 0 Å². The molecule has 0 atom stereocenters. The van der Waals surface area contributed by atoms with Gasteiger partial charge in [0, 0.05) is 38.4 Å². The van der Waals surface area contributed by atoms with Crippen molar-refractivity contribution in [3.05, 3.63) is 24.3 Å². The van der Waals surface area contributed by atoms with E-state index in [1.54, 1.807) is 0 Å².